The lowest BCUT2D eigenvalue weighted by atomic mass is 10.3. The summed E-state index contributed by atoms with van der Waals surface area (Å²) in [5.41, 5.74) is 3.70. The summed E-state index contributed by atoms with van der Waals surface area (Å²) < 4.78 is 1.07. The summed E-state index contributed by atoms with van der Waals surface area (Å²) in [6.45, 7) is 0. The lowest BCUT2D eigenvalue weighted by molar-refractivity contribution is 1.35. The predicted octanol–water partition coefficient (Wildman–Crippen LogP) is 4.61. The van der Waals surface area contributed by atoms with Crippen LogP contribution in [0.5, 0.6) is 0 Å². The Morgan fingerprint density at radius 1 is 1.38 bits per heavy atom. The van der Waals surface area contributed by atoms with Crippen LogP contribution in [0.4, 0.5) is 5.69 Å². The minimum atomic E-state index is 0.659. The van der Waals surface area contributed by atoms with Gasteiger partial charge in [0.15, 0.2) is 0 Å². The summed E-state index contributed by atoms with van der Waals surface area (Å²) in [7, 11) is 0. The van der Waals surface area contributed by atoms with Gasteiger partial charge in [0.05, 0.1) is 16.9 Å². The van der Waals surface area contributed by atoms with Gasteiger partial charge in [-0.1, -0.05) is 23.7 Å². The summed E-state index contributed by atoms with van der Waals surface area (Å²) in [6, 6.07) is 9.49. The van der Waals surface area contributed by atoms with Crippen molar-refractivity contribution in [2.24, 2.45) is 5.10 Å². The van der Waals surface area contributed by atoms with Crippen molar-refractivity contribution in [3.63, 3.8) is 0 Å². The first-order valence-electron chi connectivity index (χ1n) is 4.53. The molecule has 82 valence electrons. The molecule has 0 atom stereocenters. The van der Waals surface area contributed by atoms with Crippen LogP contribution < -0.4 is 5.43 Å². The molecule has 0 spiro atoms. The highest BCUT2D eigenvalue weighted by Crippen LogP contribution is 2.21. The second-order valence-corrected chi connectivity index (χ2v) is 5.28. The summed E-state index contributed by atoms with van der Waals surface area (Å²) in [4.78, 5) is 1.08. The SMILES string of the molecule is Clc1ccccc1N/N=C/c1cc(Br)cs1. The Balaban J connectivity index is 2.02. The number of nitrogens with zero attached hydrogens (tertiary/aromatic N) is 1. The highest BCUT2D eigenvalue weighted by atomic mass is 79.9. The summed E-state index contributed by atoms with van der Waals surface area (Å²) in [5.74, 6) is 0. The summed E-state index contributed by atoms with van der Waals surface area (Å²) >= 11 is 11.0. The van der Waals surface area contributed by atoms with Gasteiger partial charge in [0.1, 0.15) is 0 Å². The molecule has 2 rings (SSSR count). The summed E-state index contributed by atoms with van der Waals surface area (Å²) in [6.07, 6.45) is 1.76. The van der Waals surface area contributed by atoms with Crippen molar-refractivity contribution in [1.82, 2.24) is 0 Å². The molecule has 0 saturated heterocycles. The number of anilines is 1. The van der Waals surface area contributed by atoms with E-state index < -0.39 is 0 Å². The molecule has 0 radical (unpaired) electrons. The first-order chi connectivity index (χ1) is 7.75. The van der Waals surface area contributed by atoms with Gasteiger partial charge in [-0.25, -0.2) is 0 Å². The van der Waals surface area contributed by atoms with E-state index in [1.165, 1.54) is 0 Å². The van der Waals surface area contributed by atoms with Crippen molar-refractivity contribution in [2.45, 2.75) is 0 Å². The Morgan fingerprint density at radius 2 is 2.19 bits per heavy atom. The fourth-order valence-electron chi connectivity index (χ4n) is 1.11. The number of hydrogen-bond donors (Lipinski definition) is 1. The van der Waals surface area contributed by atoms with Gasteiger partial charge in [-0.2, -0.15) is 5.10 Å². The van der Waals surface area contributed by atoms with Gasteiger partial charge in [0.2, 0.25) is 0 Å². The van der Waals surface area contributed by atoms with E-state index in [9.17, 15) is 0 Å². The van der Waals surface area contributed by atoms with E-state index in [1.54, 1.807) is 17.6 Å². The lowest BCUT2D eigenvalue weighted by Gasteiger charge is -2.00. The van der Waals surface area contributed by atoms with Crippen molar-refractivity contribution >= 4 is 50.8 Å². The van der Waals surface area contributed by atoms with Crippen LogP contribution in [0, 0.1) is 0 Å². The normalized spacial score (nSPS) is 10.9. The van der Waals surface area contributed by atoms with Crippen molar-refractivity contribution in [3.8, 4) is 0 Å². The van der Waals surface area contributed by atoms with Crippen LogP contribution in [0.25, 0.3) is 0 Å². The van der Waals surface area contributed by atoms with E-state index in [4.69, 9.17) is 11.6 Å². The molecular formula is C11H8BrClN2S. The van der Waals surface area contributed by atoms with Crippen LogP contribution in [0.15, 0.2) is 45.3 Å². The second-order valence-electron chi connectivity index (χ2n) is 3.02. The molecule has 0 saturated carbocycles. The minimum Gasteiger partial charge on any atom is -0.277 e. The van der Waals surface area contributed by atoms with E-state index >= 15 is 0 Å². The quantitative estimate of drug-likeness (QED) is 0.649. The molecule has 2 nitrogen and oxygen atoms in total. The Hall–Kier alpha value is -0.840. The standard InChI is InChI=1S/C11H8BrClN2S/c12-8-5-9(16-7-8)6-14-15-11-4-2-1-3-10(11)13/h1-7,15H/b14-6+. The summed E-state index contributed by atoms with van der Waals surface area (Å²) in [5, 5.41) is 6.79. The number of thiophene rings is 1. The number of nitrogens with one attached hydrogen (secondary N) is 1. The van der Waals surface area contributed by atoms with Crippen molar-refractivity contribution < 1.29 is 0 Å². The molecule has 0 aliphatic carbocycles. The van der Waals surface area contributed by atoms with Crippen molar-refractivity contribution in [3.05, 3.63) is 50.1 Å². The average molecular weight is 316 g/mol. The molecule has 0 bridgehead atoms. The first kappa shape index (κ1) is 11.6. The third-order valence-electron chi connectivity index (χ3n) is 1.84. The second kappa shape index (κ2) is 5.48. The average Bonchev–Trinajstić information content (AvgIpc) is 2.67. The van der Waals surface area contributed by atoms with Gasteiger partial charge in [0.25, 0.3) is 0 Å². The number of rotatable bonds is 3. The predicted molar refractivity (Wildman–Crippen MR) is 74.7 cm³/mol. The molecule has 5 heteroatoms. The van der Waals surface area contributed by atoms with Crippen molar-refractivity contribution in [2.75, 3.05) is 5.43 Å². The van der Waals surface area contributed by atoms with E-state index in [1.807, 2.05) is 35.7 Å². The third-order valence-corrected chi connectivity index (χ3v) is 3.80. The highest BCUT2D eigenvalue weighted by Gasteiger charge is 1.96. The van der Waals surface area contributed by atoms with Gasteiger partial charge in [-0.15, -0.1) is 11.3 Å². The molecule has 1 heterocycles. The zero-order valence-corrected chi connectivity index (χ0v) is 11.3. The van der Waals surface area contributed by atoms with Crippen LogP contribution in [-0.4, -0.2) is 6.21 Å². The maximum Gasteiger partial charge on any atom is 0.0748 e. The molecule has 2 aromatic rings. The van der Waals surface area contributed by atoms with E-state index in [0.29, 0.717) is 5.02 Å². The van der Waals surface area contributed by atoms with Crippen LogP contribution in [-0.2, 0) is 0 Å². The third kappa shape index (κ3) is 3.07. The Morgan fingerprint density at radius 3 is 2.88 bits per heavy atom. The molecular weight excluding hydrogens is 308 g/mol. The van der Waals surface area contributed by atoms with E-state index in [2.05, 4.69) is 26.5 Å². The number of halogens is 2. The molecule has 1 aromatic carbocycles. The monoisotopic (exact) mass is 314 g/mol. The van der Waals surface area contributed by atoms with Gasteiger partial charge in [-0.3, -0.25) is 5.43 Å². The fraction of sp³-hybridized carbons (Fsp3) is 0. The topological polar surface area (TPSA) is 24.4 Å². The van der Waals surface area contributed by atoms with Crippen LogP contribution >= 0.6 is 38.9 Å². The molecule has 1 aromatic heterocycles. The van der Waals surface area contributed by atoms with Gasteiger partial charge in [-0.05, 0) is 34.1 Å². The molecule has 1 N–H and O–H groups in total. The van der Waals surface area contributed by atoms with Gasteiger partial charge >= 0.3 is 0 Å². The van der Waals surface area contributed by atoms with Gasteiger partial charge < -0.3 is 0 Å². The Kier molecular flexibility index (Phi) is 3.98. The Bertz CT molecular complexity index is 510. The van der Waals surface area contributed by atoms with E-state index in [-0.39, 0.29) is 0 Å². The largest absolute Gasteiger partial charge is 0.277 e. The minimum absolute atomic E-state index is 0.659. The lowest BCUT2D eigenvalue weighted by Crippen LogP contribution is -1.89. The van der Waals surface area contributed by atoms with Crippen LogP contribution in [0.3, 0.4) is 0 Å². The van der Waals surface area contributed by atoms with Crippen molar-refractivity contribution in [1.29, 1.82) is 0 Å². The highest BCUT2D eigenvalue weighted by molar-refractivity contribution is 9.10. The van der Waals surface area contributed by atoms with Crippen LogP contribution in [0.1, 0.15) is 4.88 Å². The van der Waals surface area contributed by atoms with Gasteiger partial charge in [0, 0.05) is 14.7 Å². The first-order valence-corrected chi connectivity index (χ1v) is 6.58. The molecule has 0 unspecified atom stereocenters. The molecule has 16 heavy (non-hydrogen) atoms. The molecule has 0 aliphatic rings. The maximum atomic E-state index is 5.97. The zero-order valence-electron chi connectivity index (χ0n) is 8.15. The van der Waals surface area contributed by atoms with Crippen LogP contribution in [0.2, 0.25) is 5.02 Å². The number of benzene rings is 1. The number of hydrazone groups is 1. The maximum absolute atomic E-state index is 5.97. The smallest absolute Gasteiger partial charge is 0.0748 e. The fourth-order valence-corrected chi connectivity index (χ4v) is 2.60. The zero-order chi connectivity index (χ0) is 11.4. The number of hydrogen-bond acceptors (Lipinski definition) is 3. The molecule has 0 fully saturated rings. The Labute approximate surface area is 111 Å². The molecule has 0 amide bonds. The van der Waals surface area contributed by atoms with E-state index in [0.717, 1.165) is 15.0 Å². The molecule has 0 aliphatic heterocycles. The number of para-hydroxylation sites is 1.